The van der Waals surface area contributed by atoms with Crippen LogP contribution in [-0.2, 0) is 16.0 Å². The zero-order valence-electron chi connectivity index (χ0n) is 9.13. The van der Waals surface area contributed by atoms with Crippen LogP contribution in [0.15, 0.2) is 18.2 Å². The lowest BCUT2D eigenvalue weighted by molar-refractivity contribution is -0.141. The molecule has 0 fully saturated rings. The second-order valence-corrected chi connectivity index (χ2v) is 4.40. The Morgan fingerprint density at radius 2 is 2.44 bits per heavy atom. The number of hydrogen-bond acceptors (Lipinski definition) is 3. The minimum Gasteiger partial charge on any atom is -0.469 e. The average Bonchev–Trinajstić information content (AvgIpc) is 2.30. The minimum absolute atomic E-state index is 0.165. The number of rotatable bonds is 2. The summed E-state index contributed by atoms with van der Waals surface area (Å²) in [4.78, 5) is 11.2. The normalized spacial score (nSPS) is 18.5. The van der Waals surface area contributed by atoms with Crippen LogP contribution in [0.25, 0.3) is 0 Å². The summed E-state index contributed by atoms with van der Waals surface area (Å²) in [7, 11) is 1.42. The van der Waals surface area contributed by atoms with Crippen LogP contribution in [0.5, 0.6) is 0 Å². The number of benzene rings is 1. The highest BCUT2D eigenvalue weighted by atomic mass is 35.5. The van der Waals surface area contributed by atoms with Gasteiger partial charge in [0.05, 0.1) is 13.5 Å². The van der Waals surface area contributed by atoms with Crippen LogP contribution in [-0.4, -0.2) is 19.6 Å². The summed E-state index contributed by atoms with van der Waals surface area (Å²) >= 11 is 6.12. The van der Waals surface area contributed by atoms with Gasteiger partial charge in [0.2, 0.25) is 0 Å². The van der Waals surface area contributed by atoms with Gasteiger partial charge in [-0.15, -0.1) is 0 Å². The van der Waals surface area contributed by atoms with Gasteiger partial charge in [-0.25, -0.2) is 0 Å². The third kappa shape index (κ3) is 2.30. The Bertz CT molecular complexity index is 406. The van der Waals surface area contributed by atoms with Crippen molar-refractivity contribution in [2.24, 2.45) is 5.92 Å². The lowest BCUT2D eigenvalue weighted by Gasteiger charge is -2.26. The Kier molecular flexibility index (Phi) is 3.34. The molecule has 1 aromatic carbocycles. The average molecular weight is 240 g/mol. The van der Waals surface area contributed by atoms with Crippen molar-refractivity contribution in [2.45, 2.75) is 12.8 Å². The van der Waals surface area contributed by atoms with Crippen LogP contribution < -0.4 is 5.32 Å². The molecule has 0 saturated heterocycles. The number of halogens is 1. The van der Waals surface area contributed by atoms with Crippen LogP contribution in [0.2, 0.25) is 5.02 Å². The van der Waals surface area contributed by atoms with E-state index in [1.807, 2.05) is 18.2 Å². The Balaban J connectivity index is 2.11. The molecular weight excluding hydrogens is 226 g/mol. The molecule has 0 saturated carbocycles. The second-order valence-electron chi connectivity index (χ2n) is 4.00. The van der Waals surface area contributed by atoms with E-state index in [0.29, 0.717) is 6.42 Å². The Hall–Kier alpha value is -1.22. The molecule has 0 aliphatic carbocycles. The van der Waals surface area contributed by atoms with Crippen molar-refractivity contribution in [3.63, 3.8) is 0 Å². The summed E-state index contributed by atoms with van der Waals surface area (Å²) in [5.74, 6) is 0.0992. The van der Waals surface area contributed by atoms with Gasteiger partial charge in [0.1, 0.15) is 0 Å². The molecule has 1 aromatic rings. The molecule has 0 radical (unpaired) electrons. The first-order valence-corrected chi connectivity index (χ1v) is 5.66. The van der Waals surface area contributed by atoms with Gasteiger partial charge in [-0.2, -0.15) is 0 Å². The number of anilines is 1. The van der Waals surface area contributed by atoms with Crippen molar-refractivity contribution in [3.05, 3.63) is 28.8 Å². The Morgan fingerprint density at radius 3 is 3.19 bits per heavy atom. The van der Waals surface area contributed by atoms with Crippen LogP contribution in [0.1, 0.15) is 12.0 Å². The third-order valence-corrected chi connectivity index (χ3v) is 3.23. The first kappa shape index (κ1) is 11.3. The molecule has 0 spiro atoms. The van der Waals surface area contributed by atoms with E-state index in [2.05, 4.69) is 10.1 Å². The number of ether oxygens (including phenoxy) is 1. The fourth-order valence-corrected chi connectivity index (χ4v) is 2.26. The quantitative estimate of drug-likeness (QED) is 0.806. The molecule has 1 atom stereocenters. The number of carbonyl (C=O) groups excluding carboxylic acids is 1. The largest absolute Gasteiger partial charge is 0.469 e. The second kappa shape index (κ2) is 4.74. The number of methoxy groups -OCH3 is 1. The van der Waals surface area contributed by atoms with Gasteiger partial charge in [0.25, 0.3) is 0 Å². The van der Waals surface area contributed by atoms with E-state index in [4.69, 9.17) is 11.6 Å². The standard InChI is InChI=1S/C12H14ClNO2/c1-16-12(15)6-8-5-9-10(13)3-2-4-11(9)14-7-8/h2-4,8,14H,5-7H2,1H3. The van der Waals surface area contributed by atoms with Gasteiger partial charge < -0.3 is 10.1 Å². The van der Waals surface area contributed by atoms with E-state index in [9.17, 15) is 4.79 Å². The van der Waals surface area contributed by atoms with Gasteiger partial charge in [-0.1, -0.05) is 17.7 Å². The molecule has 1 N–H and O–H groups in total. The minimum atomic E-state index is -0.165. The highest BCUT2D eigenvalue weighted by molar-refractivity contribution is 6.31. The molecule has 1 aliphatic heterocycles. The third-order valence-electron chi connectivity index (χ3n) is 2.88. The Morgan fingerprint density at radius 1 is 1.62 bits per heavy atom. The monoisotopic (exact) mass is 239 g/mol. The van der Waals surface area contributed by atoms with Crippen LogP contribution in [0, 0.1) is 5.92 Å². The van der Waals surface area contributed by atoms with E-state index in [1.54, 1.807) is 0 Å². The molecule has 1 heterocycles. The number of nitrogens with one attached hydrogen (secondary N) is 1. The predicted molar refractivity (Wildman–Crippen MR) is 63.8 cm³/mol. The summed E-state index contributed by atoms with van der Waals surface area (Å²) in [5, 5.41) is 4.05. The summed E-state index contributed by atoms with van der Waals surface area (Å²) in [6.07, 6.45) is 1.27. The molecule has 0 amide bonds. The molecule has 1 aliphatic rings. The van der Waals surface area contributed by atoms with E-state index < -0.39 is 0 Å². The van der Waals surface area contributed by atoms with Gasteiger partial charge >= 0.3 is 5.97 Å². The number of carbonyl (C=O) groups is 1. The van der Waals surface area contributed by atoms with E-state index in [0.717, 1.165) is 29.2 Å². The summed E-state index contributed by atoms with van der Waals surface area (Å²) in [5.41, 5.74) is 2.18. The van der Waals surface area contributed by atoms with E-state index in [1.165, 1.54) is 7.11 Å². The maximum absolute atomic E-state index is 11.2. The highest BCUT2D eigenvalue weighted by Crippen LogP contribution is 2.31. The number of esters is 1. The molecule has 16 heavy (non-hydrogen) atoms. The van der Waals surface area contributed by atoms with Crippen molar-refractivity contribution in [1.29, 1.82) is 0 Å². The smallest absolute Gasteiger partial charge is 0.305 e. The molecule has 1 unspecified atom stereocenters. The zero-order valence-corrected chi connectivity index (χ0v) is 9.88. The fourth-order valence-electron chi connectivity index (χ4n) is 2.01. The lowest BCUT2D eigenvalue weighted by Crippen LogP contribution is -2.25. The van der Waals surface area contributed by atoms with Crippen LogP contribution in [0.3, 0.4) is 0 Å². The molecule has 0 aromatic heterocycles. The maximum atomic E-state index is 11.2. The van der Waals surface area contributed by atoms with Gasteiger partial charge in [-0.05, 0) is 30.0 Å². The van der Waals surface area contributed by atoms with E-state index in [-0.39, 0.29) is 11.9 Å². The summed E-state index contributed by atoms with van der Waals surface area (Å²) in [6, 6.07) is 5.81. The lowest BCUT2D eigenvalue weighted by atomic mass is 9.91. The van der Waals surface area contributed by atoms with Crippen LogP contribution in [0.4, 0.5) is 5.69 Å². The predicted octanol–water partition coefficient (Wildman–Crippen LogP) is 2.49. The molecule has 0 bridgehead atoms. The molecule has 86 valence electrons. The van der Waals surface area contributed by atoms with Crippen molar-refractivity contribution in [3.8, 4) is 0 Å². The van der Waals surface area contributed by atoms with Crippen molar-refractivity contribution >= 4 is 23.3 Å². The molecule has 3 nitrogen and oxygen atoms in total. The van der Waals surface area contributed by atoms with Gasteiger partial charge in [0.15, 0.2) is 0 Å². The topological polar surface area (TPSA) is 38.3 Å². The zero-order chi connectivity index (χ0) is 11.5. The first-order valence-electron chi connectivity index (χ1n) is 5.28. The Labute approximate surface area is 99.7 Å². The summed E-state index contributed by atoms with van der Waals surface area (Å²) in [6.45, 7) is 0.794. The fraction of sp³-hybridized carbons (Fsp3) is 0.417. The van der Waals surface area contributed by atoms with Crippen molar-refractivity contribution in [2.75, 3.05) is 19.0 Å². The SMILES string of the molecule is COC(=O)CC1CNc2cccc(Cl)c2C1. The highest BCUT2D eigenvalue weighted by Gasteiger charge is 2.22. The molecule has 2 rings (SSSR count). The van der Waals surface area contributed by atoms with Crippen LogP contribution >= 0.6 is 11.6 Å². The molecular formula is C12H14ClNO2. The number of fused-ring (bicyclic) bond motifs is 1. The summed E-state index contributed by atoms with van der Waals surface area (Å²) < 4.78 is 4.67. The first-order chi connectivity index (χ1) is 7.70. The molecule has 4 heteroatoms. The van der Waals surface area contributed by atoms with Crippen molar-refractivity contribution < 1.29 is 9.53 Å². The maximum Gasteiger partial charge on any atom is 0.305 e. The van der Waals surface area contributed by atoms with Gasteiger partial charge in [-0.3, -0.25) is 4.79 Å². The van der Waals surface area contributed by atoms with E-state index >= 15 is 0 Å². The van der Waals surface area contributed by atoms with Gasteiger partial charge in [0, 0.05) is 17.3 Å². The number of hydrogen-bond donors (Lipinski definition) is 1. The van der Waals surface area contributed by atoms with Crippen molar-refractivity contribution in [1.82, 2.24) is 0 Å².